The highest BCUT2D eigenvalue weighted by atomic mass is 19.1. The summed E-state index contributed by atoms with van der Waals surface area (Å²) >= 11 is 0. The number of halogens is 1. The van der Waals surface area contributed by atoms with Gasteiger partial charge in [-0.1, -0.05) is 6.92 Å². The van der Waals surface area contributed by atoms with E-state index in [1.807, 2.05) is 6.92 Å². The summed E-state index contributed by atoms with van der Waals surface area (Å²) in [5.41, 5.74) is 1.82. The van der Waals surface area contributed by atoms with Gasteiger partial charge in [-0.3, -0.25) is 9.59 Å². The third-order valence-electron chi connectivity index (χ3n) is 3.77. The molecule has 1 aromatic carbocycles. The van der Waals surface area contributed by atoms with E-state index in [1.54, 1.807) is 23.7 Å². The molecule has 0 aliphatic heterocycles. The van der Waals surface area contributed by atoms with Crippen molar-refractivity contribution in [2.45, 2.75) is 26.7 Å². The third kappa shape index (κ3) is 3.79. The third-order valence-corrected chi connectivity index (χ3v) is 3.77. The second kappa shape index (κ2) is 7.72. The molecule has 24 heavy (non-hydrogen) atoms. The Morgan fingerprint density at radius 1 is 1.25 bits per heavy atom. The van der Waals surface area contributed by atoms with Crippen LogP contribution >= 0.6 is 0 Å². The molecule has 0 fully saturated rings. The number of hydrogen-bond acceptors (Lipinski definition) is 3. The number of nitrogens with zero attached hydrogens (tertiary/aromatic N) is 3. The summed E-state index contributed by atoms with van der Waals surface area (Å²) in [6, 6.07) is 5.86. The van der Waals surface area contributed by atoms with Gasteiger partial charge in [0.25, 0.3) is 5.91 Å². The average molecular weight is 333 g/mol. The minimum atomic E-state index is -0.945. The molecule has 1 heterocycles. The maximum atomic E-state index is 13.1. The van der Waals surface area contributed by atoms with E-state index >= 15 is 0 Å². The molecule has 0 bridgehead atoms. The lowest BCUT2D eigenvalue weighted by atomic mass is 10.1. The molecule has 0 atom stereocenters. The lowest BCUT2D eigenvalue weighted by molar-refractivity contribution is -0.137. The number of amides is 1. The first-order valence-electron chi connectivity index (χ1n) is 7.81. The number of benzene rings is 1. The molecule has 2 aromatic rings. The van der Waals surface area contributed by atoms with Gasteiger partial charge in [0.1, 0.15) is 5.82 Å². The molecule has 1 aromatic heterocycles. The standard InChI is InChI=1S/C17H20FN3O3/c1-3-15-14(17(24)20(4-2)10-9-16(22)23)11-19-21(15)13-7-5-12(18)6-8-13/h5-8,11H,3-4,9-10H2,1-2H3,(H,22,23). The Labute approximate surface area is 139 Å². The Bertz CT molecular complexity index is 725. The van der Waals surface area contributed by atoms with Gasteiger partial charge in [-0.2, -0.15) is 5.10 Å². The Kier molecular flexibility index (Phi) is 5.68. The van der Waals surface area contributed by atoms with E-state index in [-0.39, 0.29) is 24.7 Å². The van der Waals surface area contributed by atoms with Crippen LogP contribution in [0.5, 0.6) is 0 Å². The predicted octanol–water partition coefficient (Wildman–Crippen LogP) is 2.51. The molecule has 1 amide bonds. The van der Waals surface area contributed by atoms with E-state index in [0.717, 1.165) is 0 Å². The maximum Gasteiger partial charge on any atom is 0.305 e. The van der Waals surface area contributed by atoms with Crippen molar-refractivity contribution in [2.75, 3.05) is 13.1 Å². The van der Waals surface area contributed by atoms with Crippen LogP contribution in [0.3, 0.4) is 0 Å². The van der Waals surface area contributed by atoms with Crippen LogP contribution in [0.4, 0.5) is 4.39 Å². The van der Waals surface area contributed by atoms with Crippen LogP contribution in [0, 0.1) is 5.82 Å². The van der Waals surface area contributed by atoms with Crippen LogP contribution in [0.15, 0.2) is 30.5 Å². The molecule has 0 saturated carbocycles. The number of aliphatic carboxylic acids is 1. The Balaban J connectivity index is 2.32. The zero-order valence-electron chi connectivity index (χ0n) is 13.7. The number of rotatable bonds is 7. The van der Waals surface area contributed by atoms with Crippen molar-refractivity contribution in [1.29, 1.82) is 0 Å². The quantitative estimate of drug-likeness (QED) is 0.845. The van der Waals surface area contributed by atoms with Gasteiger partial charge in [-0.25, -0.2) is 9.07 Å². The number of hydrogen-bond donors (Lipinski definition) is 1. The van der Waals surface area contributed by atoms with E-state index in [1.165, 1.54) is 23.2 Å². The van der Waals surface area contributed by atoms with Crippen molar-refractivity contribution in [3.63, 3.8) is 0 Å². The fourth-order valence-electron chi connectivity index (χ4n) is 2.50. The first kappa shape index (κ1) is 17.7. The van der Waals surface area contributed by atoms with E-state index in [9.17, 15) is 14.0 Å². The van der Waals surface area contributed by atoms with Gasteiger partial charge in [0, 0.05) is 13.1 Å². The molecule has 0 radical (unpaired) electrons. The first-order valence-corrected chi connectivity index (χ1v) is 7.81. The minimum Gasteiger partial charge on any atom is -0.481 e. The summed E-state index contributed by atoms with van der Waals surface area (Å²) in [4.78, 5) is 24.9. The molecule has 1 N–H and O–H groups in total. The molecular formula is C17H20FN3O3. The van der Waals surface area contributed by atoms with Crippen molar-refractivity contribution < 1.29 is 19.1 Å². The smallest absolute Gasteiger partial charge is 0.305 e. The van der Waals surface area contributed by atoms with E-state index in [2.05, 4.69) is 5.10 Å². The Hall–Kier alpha value is -2.70. The summed E-state index contributed by atoms with van der Waals surface area (Å²) < 4.78 is 14.7. The van der Waals surface area contributed by atoms with Gasteiger partial charge in [0.15, 0.2) is 0 Å². The van der Waals surface area contributed by atoms with Crippen molar-refractivity contribution >= 4 is 11.9 Å². The maximum absolute atomic E-state index is 13.1. The molecule has 0 saturated heterocycles. The highest BCUT2D eigenvalue weighted by Crippen LogP contribution is 2.18. The number of aromatic nitrogens is 2. The molecule has 7 heteroatoms. The largest absolute Gasteiger partial charge is 0.481 e. The number of carbonyl (C=O) groups is 2. The van der Waals surface area contributed by atoms with Crippen LogP contribution in [0.1, 0.15) is 36.3 Å². The van der Waals surface area contributed by atoms with Gasteiger partial charge >= 0.3 is 5.97 Å². The number of carboxylic acids is 1. The normalized spacial score (nSPS) is 10.6. The minimum absolute atomic E-state index is 0.104. The highest BCUT2D eigenvalue weighted by molar-refractivity contribution is 5.95. The summed E-state index contributed by atoms with van der Waals surface area (Å²) in [5, 5.41) is 13.1. The fraction of sp³-hybridized carbons (Fsp3) is 0.353. The van der Waals surface area contributed by atoms with E-state index < -0.39 is 5.97 Å². The Morgan fingerprint density at radius 3 is 2.46 bits per heavy atom. The summed E-state index contributed by atoms with van der Waals surface area (Å²) in [6.07, 6.45) is 1.94. The van der Waals surface area contributed by atoms with Crippen LogP contribution in [-0.4, -0.2) is 44.8 Å². The molecule has 2 rings (SSSR count). The van der Waals surface area contributed by atoms with E-state index in [0.29, 0.717) is 29.9 Å². The second-order valence-electron chi connectivity index (χ2n) is 5.28. The number of carbonyl (C=O) groups excluding carboxylic acids is 1. The molecular weight excluding hydrogens is 313 g/mol. The molecule has 0 aliphatic carbocycles. The number of carboxylic acid groups (broad SMARTS) is 1. The average Bonchev–Trinajstić information content (AvgIpc) is 2.99. The van der Waals surface area contributed by atoms with Crippen molar-refractivity contribution in [3.05, 3.63) is 47.5 Å². The van der Waals surface area contributed by atoms with Gasteiger partial charge in [-0.15, -0.1) is 0 Å². The summed E-state index contributed by atoms with van der Waals surface area (Å²) in [5.74, 6) is -1.53. The van der Waals surface area contributed by atoms with Crippen molar-refractivity contribution in [1.82, 2.24) is 14.7 Å². The molecule has 128 valence electrons. The van der Waals surface area contributed by atoms with Gasteiger partial charge in [0.05, 0.1) is 29.6 Å². The topological polar surface area (TPSA) is 75.4 Å². The molecule has 0 aliphatic rings. The SMILES string of the molecule is CCc1c(C(=O)N(CC)CCC(=O)O)cnn1-c1ccc(F)cc1. The lowest BCUT2D eigenvalue weighted by Gasteiger charge is -2.20. The van der Waals surface area contributed by atoms with Crippen molar-refractivity contribution in [2.24, 2.45) is 0 Å². The van der Waals surface area contributed by atoms with Gasteiger partial charge < -0.3 is 10.0 Å². The Morgan fingerprint density at radius 2 is 1.92 bits per heavy atom. The van der Waals surface area contributed by atoms with Crippen LogP contribution in [-0.2, 0) is 11.2 Å². The summed E-state index contributed by atoms with van der Waals surface area (Å²) in [6.45, 7) is 4.27. The van der Waals surface area contributed by atoms with Crippen molar-refractivity contribution in [3.8, 4) is 5.69 Å². The summed E-state index contributed by atoms with van der Waals surface area (Å²) in [7, 11) is 0. The zero-order chi connectivity index (χ0) is 17.7. The van der Waals surface area contributed by atoms with Gasteiger partial charge in [0.2, 0.25) is 0 Å². The zero-order valence-corrected chi connectivity index (χ0v) is 13.7. The molecule has 0 spiro atoms. The van der Waals surface area contributed by atoms with Gasteiger partial charge in [-0.05, 0) is 37.6 Å². The fourth-order valence-corrected chi connectivity index (χ4v) is 2.50. The second-order valence-corrected chi connectivity index (χ2v) is 5.28. The predicted molar refractivity (Wildman–Crippen MR) is 86.7 cm³/mol. The lowest BCUT2D eigenvalue weighted by Crippen LogP contribution is -2.33. The molecule has 0 unspecified atom stereocenters. The first-order chi connectivity index (χ1) is 11.5. The van der Waals surface area contributed by atoms with Crippen LogP contribution in [0.25, 0.3) is 5.69 Å². The highest BCUT2D eigenvalue weighted by Gasteiger charge is 2.22. The van der Waals surface area contributed by atoms with E-state index in [4.69, 9.17) is 5.11 Å². The van der Waals surface area contributed by atoms with Crippen LogP contribution in [0.2, 0.25) is 0 Å². The van der Waals surface area contributed by atoms with Crippen LogP contribution < -0.4 is 0 Å². The molecule has 6 nitrogen and oxygen atoms in total. The monoisotopic (exact) mass is 333 g/mol.